The molecule has 13 heavy (non-hydrogen) atoms. The van der Waals surface area contributed by atoms with Crippen molar-refractivity contribution in [2.45, 2.75) is 38.7 Å². The highest BCUT2D eigenvalue weighted by atomic mass is 16.3. The maximum absolute atomic E-state index is 9.77. The third-order valence-corrected chi connectivity index (χ3v) is 3.56. The van der Waals surface area contributed by atoms with E-state index in [1.807, 2.05) is 0 Å². The van der Waals surface area contributed by atoms with E-state index < -0.39 is 0 Å². The third kappa shape index (κ3) is 2.44. The van der Waals surface area contributed by atoms with Crippen molar-refractivity contribution in [3.8, 4) is 0 Å². The summed E-state index contributed by atoms with van der Waals surface area (Å²) < 4.78 is 0. The summed E-state index contributed by atoms with van der Waals surface area (Å²) >= 11 is 0. The predicted molar refractivity (Wildman–Crippen MR) is 53.6 cm³/mol. The van der Waals surface area contributed by atoms with Gasteiger partial charge in [0.15, 0.2) is 0 Å². The molecule has 2 heteroatoms. The number of aliphatic hydroxyl groups excluding tert-OH is 1. The normalized spacial score (nSPS) is 32.3. The first kappa shape index (κ1) is 9.47. The Bertz CT molecular complexity index is 167. The van der Waals surface area contributed by atoms with E-state index >= 15 is 0 Å². The SMILES string of the molecule is CCC1CCN(CC(O)C2CC2)C1. The zero-order valence-corrected chi connectivity index (χ0v) is 8.58. The van der Waals surface area contributed by atoms with Crippen LogP contribution in [0.5, 0.6) is 0 Å². The van der Waals surface area contributed by atoms with Crippen molar-refractivity contribution >= 4 is 0 Å². The van der Waals surface area contributed by atoms with Crippen LogP contribution in [0.4, 0.5) is 0 Å². The second-order valence-corrected chi connectivity index (χ2v) is 4.73. The molecule has 1 heterocycles. The Hall–Kier alpha value is -0.0800. The van der Waals surface area contributed by atoms with Crippen LogP contribution in [0.2, 0.25) is 0 Å². The monoisotopic (exact) mass is 183 g/mol. The zero-order chi connectivity index (χ0) is 9.26. The molecule has 2 unspecified atom stereocenters. The molecule has 2 atom stereocenters. The summed E-state index contributed by atoms with van der Waals surface area (Å²) in [7, 11) is 0. The smallest absolute Gasteiger partial charge is 0.0695 e. The lowest BCUT2D eigenvalue weighted by Gasteiger charge is -2.19. The molecule has 2 nitrogen and oxygen atoms in total. The van der Waals surface area contributed by atoms with Crippen LogP contribution in [-0.2, 0) is 0 Å². The minimum absolute atomic E-state index is 0.0318. The largest absolute Gasteiger partial charge is 0.392 e. The van der Waals surface area contributed by atoms with Crippen LogP contribution in [-0.4, -0.2) is 35.7 Å². The Balaban J connectivity index is 1.70. The Morgan fingerprint density at radius 2 is 2.15 bits per heavy atom. The van der Waals surface area contributed by atoms with Crippen molar-refractivity contribution in [2.24, 2.45) is 11.8 Å². The minimum atomic E-state index is -0.0318. The molecule has 1 N–H and O–H groups in total. The van der Waals surface area contributed by atoms with Crippen LogP contribution in [0.3, 0.4) is 0 Å². The lowest BCUT2D eigenvalue weighted by molar-refractivity contribution is 0.104. The highest BCUT2D eigenvalue weighted by Gasteiger charge is 2.32. The number of β-amino-alcohol motifs (C(OH)–C–C–N with tert-alkyl or cyclic N) is 1. The predicted octanol–water partition coefficient (Wildman–Crippen LogP) is 1.49. The molecule has 76 valence electrons. The summed E-state index contributed by atoms with van der Waals surface area (Å²) in [6.07, 6.45) is 5.12. The first-order valence-corrected chi connectivity index (χ1v) is 5.70. The molecule has 0 radical (unpaired) electrons. The summed E-state index contributed by atoms with van der Waals surface area (Å²) in [6.45, 7) is 5.63. The topological polar surface area (TPSA) is 23.5 Å². The Morgan fingerprint density at radius 3 is 2.69 bits per heavy atom. The van der Waals surface area contributed by atoms with E-state index in [1.54, 1.807) is 0 Å². The number of aliphatic hydroxyl groups is 1. The van der Waals surface area contributed by atoms with Crippen LogP contribution in [0.1, 0.15) is 32.6 Å². The van der Waals surface area contributed by atoms with Gasteiger partial charge in [-0.15, -0.1) is 0 Å². The van der Waals surface area contributed by atoms with Gasteiger partial charge in [0, 0.05) is 13.1 Å². The molecular weight excluding hydrogens is 162 g/mol. The molecule has 0 aromatic heterocycles. The average molecular weight is 183 g/mol. The summed E-state index contributed by atoms with van der Waals surface area (Å²) in [5.41, 5.74) is 0. The van der Waals surface area contributed by atoms with Crippen LogP contribution in [0.15, 0.2) is 0 Å². The van der Waals surface area contributed by atoms with Crippen molar-refractivity contribution < 1.29 is 5.11 Å². The molecule has 0 spiro atoms. The maximum atomic E-state index is 9.77. The summed E-state index contributed by atoms with van der Waals surface area (Å²) in [5.74, 6) is 1.53. The number of hydrogen-bond acceptors (Lipinski definition) is 2. The van der Waals surface area contributed by atoms with Crippen molar-refractivity contribution in [1.82, 2.24) is 4.90 Å². The molecule has 0 aromatic rings. The molecule has 2 aliphatic rings. The van der Waals surface area contributed by atoms with E-state index in [0.717, 1.165) is 12.5 Å². The molecule has 1 aliphatic carbocycles. The number of rotatable bonds is 4. The van der Waals surface area contributed by atoms with Crippen LogP contribution < -0.4 is 0 Å². The Labute approximate surface area is 80.9 Å². The molecule has 2 rings (SSSR count). The molecule has 0 amide bonds. The van der Waals surface area contributed by atoms with Gasteiger partial charge >= 0.3 is 0 Å². The lowest BCUT2D eigenvalue weighted by atomic mass is 10.1. The fourth-order valence-electron chi connectivity index (χ4n) is 2.31. The highest BCUT2D eigenvalue weighted by Crippen LogP contribution is 2.33. The van der Waals surface area contributed by atoms with Crippen LogP contribution in [0.25, 0.3) is 0 Å². The van der Waals surface area contributed by atoms with Gasteiger partial charge in [0.1, 0.15) is 0 Å². The van der Waals surface area contributed by atoms with E-state index in [4.69, 9.17) is 0 Å². The number of hydrogen-bond donors (Lipinski definition) is 1. The van der Waals surface area contributed by atoms with Gasteiger partial charge in [0.25, 0.3) is 0 Å². The van der Waals surface area contributed by atoms with Gasteiger partial charge in [0.2, 0.25) is 0 Å². The zero-order valence-electron chi connectivity index (χ0n) is 8.58. The molecule has 1 aliphatic heterocycles. The van der Waals surface area contributed by atoms with Gasteiger partial charge in [-0.2, -0.15) is 0 Å². The van der Waals surface area contributed by atoms with E-state index in [0.29, 0.717) is 5.92 Å². The van der Waals surface area contributed by atoms with Crippen molar-refractivity contribution in [1.29, 1.82) is 0 Å². The highest BCUT2D eigenvalue weighted by molar-refractivity contribution is 4.85. The Morgan fingerprint density at radius 1 is 1.38 bits per heavy atom. The molecule has 1 saturated heterocycles. The molecule has 2 fully saturated rings. The van der Waals surface area contributed by atoms with Crippen molar-refractivity contribution in [2.75, 3.05) is 19.6 Å². The fraction of sp³-hybridized carbons (Fsp3) is 1.00. The third-order valence-electron chi connectivity index (χ3n) is 3.56. The summed E-state index contributed by atoms with van der Waals surface area (Å²) in [5, 5.41) is 9.77. The molecule has 0 aromatic carbocycles. The second-order valence-electron chi connectivity index (χ2n) is 4.73. The molecule has 1 saturated carbocycles. The van der Waals surface area contributed by atoms with Gasteiger partial charge in [-0.1, -0.05) is 13.3 Å². The van der Waals surface area contributed by atoms with Crippen molar-refractivity contribution in [3.05, 3.63) is 0 Å². The van der Waals surface area contributed by atoms with E-state index in [9.17, 15) is 5.11 Å². The number of nitrogens with zero attached hydrogens (tertiary/aromatic N) is 1. The average Bonchev–Trinajstić information content (AvgIpc) is 2.88. The summed E-state index contributed by atoms with van der Waals surface area (Å²) in [6, 6.07) is 0. The van der Waals surface area contributed by atoms with E-state index in [1.165, 1.54) is 38.8 Å². The number of likely N-dealkylation sites (tertiary alicyclic amines) is 1. The molecular formula is C11H21NO. The minimum Gasteiger partial charge on any atom is -0.392 e. The lowest BCUT2D eigenvalue weighted by Crippen LogP contribution is -2.31. The van der Waals surface area contributed by atoms with E-state index in [-0.39, 0.29) is 6.10 Å². The summed E-state index contributed by atoms with van der Waals surface area (Å²) in [4.78, 5) is 2.44. The van der Waals surface area contributed by atoms with Gasteiger partial charge in [-0.25, -0.2) is 0 Å². The fourth-order valence-corrected chi connectivity index (χ4v) is 2.31. The van der Waals surface area contributed by atoms with Crippen LogP contribution >= 0.6 is 0 Å². The van der Waals surface area contributed by atoms with Gasteiger partial charge in [-0.05, 0) is 37.6 Å². The van der Waals surface area contributed by atoms with Gasteiger partial charge in [-0.3, -0.25) is 0 Å². The standard InChI is InChI=1S/C11H21NO/c1-2-9-5-6-12(7-9)8-11(13)10-3-4-10/h9-11,13H,2-8H2,1H3. The van der Waals surface area contributed by atoms with Gasteiger partial charge in [0.05, 0.1) is 6.10 Å². The quantitative estimate of drug-likeness (QED) is 0.714. The second kappa shape index (κ2) is 3.97. The van der Waals surface area contributed by atoms with E-state index in [2.05, 4.69) is 11.8 Å². The van der Waals surface area contributed by atoms with Crippen molar-refractivity contribution in [3.63, 3.8) is 0 Å². The molecule has 0 bridgehead atoms. The van der Waals surface area contributed by atoms with Gasteiger partial charge < -0.3 is 10.0 Å². The van der Waals surface area contributed by atoms with Crippen LogP contribution in [0, 0.1) is 11.8 Å². The first-order valence-electron chi connectivity index (χ1n) is 5.70. The first-order chi connectivity index (χ1) is 6.29. The maximum Gasteiger partial charge on any atom is 0.0695 e. The Kier molecular flexibility index (Phi) is 2.89.